The fourth-order valence-corrected chi connectivity index (χ4v) is 2.19. The first-order chi connectivity index (χ1) is 6.60. The SMILES string of the molecule is COC(=O)c1cc(I)cc(F)c1CBr. The van der Waals surface area contributed by atoms with Crippen molar-refractivity contribution in [2.45, 2.75) is 5.33 Å². The van der Waals surface area contributed by atoms with Crippen molar-refractivity contribution in [2.24, 2.45) is 0 Å². The highest BCUT2D eigenvalue weighted by Crippen LogP contribution is 2.21. The molecule has 0 heterocycles. The van der Waals surface area contributed by atoms with Gasteiger partial charge in [-0.1, -0.05) is 15.9 Å². The molecule has 0 saturated heterocycles. The van der Waals surface area contributed by atoms with Gasteiger partial charge >= 0.3 is 5.97 Å². The van der Waals surface area contributed by atoms with Crippen LogP contribution in [-0.2, 0) is 10.1 Å². The number of hydrogen-bond acceptors (Lipinski definition) is 2. The third-order valence-corrected chi connectivity index (χ3v) is 2.88. The van der Waals surface area contributed by atoms with Gasteiger partial charge in [-0.25, -0.2) is 9.18 Å². The summed E-state index contributed by atoms with van der Waals surface area (Å²) in [6.07, 6.45) is 0. The van der Waals surface area contributed by atoms with Crippen molar-refractivity contribution < 1.29 is 13.9 Å². The lowest BCUT2D eigenvalue weighted by Gasteiger charge is -2.07. The number of methoxy groups -OCH3 is 1. The van der Waals surface area contributed by atoms with Crippen LogP contribution < -0.4 is 0 Å². The molecule has 76 valence electrons. The number of carbonyl (C=O) groups excluding carboxylic acids is 1. The van der Waals surface area contributed by atoms with Crippen LogP contribution in [0.4, 0.5) is 4.39 Å². The molecular weight excluding hydrogens is 366 g/mol. The number of carbonyl (C=O) groups is 1. The second-order valence-electron chi connectivity index (χ2n) is 2.54. The van der Waals surface area contributed by atoms with Crippen LogP contribution in [0.5, 0.6) is 0 Å². The summed E-state index contributed by atoms with van der Waals surface area (Å²) in [5.41, 5.74) is 0.603. The van der Waals surface area contributed by atoms with Gasteiger partial charge in [0.15, 0.2) is 0 Å². The Hall–Kier alpha value is -0.170. The van der Waals surface area contributed by atoms with Crippen molar-refractivity contribution in [3.05, 3.63) is 32.6 Å². The second-order valence-corrected chi connectivity index (χ2v) is 4.35. The number of esters is 1. The van der Waals surface area contributed by atoms with Crippen molar-refractivity contribution in [2.75, 3.05) is 7.11 Å². The monoisotopic (exact) mass is 372 g/mol. The van der Waals surface area contributed by atoms with E-state index in [-0.39, 0.29) is 5.56 Å². The molecule has 0 aliphatic heterocycles. The maximum atomic E-state index is 13.4. The minimum absolute atomic E-state index is 0.272. The van der Waals surface area contributed by atoms with E-state index in [0.29, 0.717) is 14.5 Å². The molecule has 0 spiro atoms. The van der Waals surface area contributed by atoms with Crippen LogP contribution in [0, 0.1) is 9.39 Å². The van der Waals surface area contributed by atoms with Crippen LogP contribution in [0.1, 0.15) is 15.9 Å². The van der Waals surface area contributed by atoms with Crippen LogP contribution in [0.2, 0.25) is 0 Å². The molecule has 0 bridgehead atoms. The van der Waals surface area contributed by atoms with Gasteiger partial charge in [0.2, 0.25) is 0 Å². The zero-order valence-corrected chi connectivity index (χ0v) is 11.1. The highest BCUT2D eigenvalue weighted by Gasteiger charge is 2.15. The Kier molecular flexibility index (Phi) is 4.31. The fourth-order valence-electron chi connectivity index (χ4n) is 1.03. The first-order valence-corrected chi connectivity index (χ1v) is 5.92. The summed E-state index contributed by atoms with van der Waals surface area (Å²) in [6, 6.07) is 2.98. The fraction of sp³-hybridized carbons (Fsp3) is 0.222. The number of rotatable bonds is 2. The van der Waals surface area contributed by atoms with E-state index in [9.17, 15) is 9.18 Å². The Labute approximate surface area is 103 Å². The molecule has 0 radical (unpaired) electrons. The Morgan fingerprint density at radius 3 is 2.79 bits per heavy atom. The van der Waals surface area contributed by atoms with Gasteiger partial charge in [0.1, 0.15) is 5.82 Å². The molecule has 0 fully saturated rings. The van der Waals surface area contributed by atoms with Crippen LogP contribution in [0.3, 0.4) is 0 Å². The predicted molar refractivity (Wildman–Crippen MR) is 63.1 cm³/mol. The summed E-state index contributed by atoms with van der Waals surface area (Å²) in [5, 5.41) is 0.292. The second kappa shape index (κ2) is 5.06. The van der Waals surface area contributed by atoms with Crippen LogP contribution >= 0.6 is 38.5 Å². The summed E-state index contributed by atoms with van der Waals surface area (Å²) in [4.78, 5) is 11.3. The standard InChI is InChI=1S/C9H7BrFIO2/c1-14-9(13)6-2-5(12)3-8(11)7(6)4-10/h2-3H,4H2,1H3. The summed E-state index contributed by atoms with van der Waals surface area (Å²) >= 11 is 5.08. The van der Waals surface area contributed by atoms with Crippen molar-refractivity contribution in [1.29, 1.82) is 0 Å². The van der Waals surface area contributed by atoms with Crippen molar-refractivity contribution >= 4 is 44.5 Å². The van der Waals surface area contributed by atoms with E-state index in [1.165, 1.54) is 13.2 Å². The lowest BCUT2D eigenvalue weighted by Crippen LogP contribution is -2.07. The highest BCUT2D eigenvalue weighted by molar-refractivity contribution is 14.1. The minimum atomic E-state index is -0.517. The predicted octanol–water partition coefficient (Wildman–Crippen LogP) is 3.11. The first kappa shape index (κ1) is 11.9. The van der Waals surface area contributed by atoms with E-state index in [4.69, 9.17) is 0 Å². The molecule has 5 heteroatoms. The molecule has 0 unspecified atom stereocenters. The van der Waals surface area contributed by atoms with Gasteiger partial charge in [-0.3, -0.25) is 0 Å². The van der Waals surface area contributed by atoms with Crippen LogP contribution in [0.15, 0.2) is 12.1 Å². The Balaban J connectivity index is 3.32. The molecule has 0 atom stereocenters. The number of alkyl halides is 1. The summed E-state index contributed by atoms with van der Waals surface area (Å²) in [7, 11) is 1.28. The highest BCUT2D eigenvalue weighted by atomic mass is 127. The van der Waals surface area contributed by atoms with Crippen LogP contribution in [0.25, 0.3) is 0 Å². The number of halogens is 3. The van der Waals surface area contributed by atoms with E-state index in [0.717, 1.165) is 0 Å². The summed E-state index contributed by atoms with van der Waals surface area (Å²) in [5.74, 6) is -0.911. The lowest BCUT2D eigenvalue weighted by atomic mass is 10.1. The molecule has 2 nitrogen and oxygen atoms in total. The van der Waals surface area contributed by atoms with Gasteiger partial charge in [-0.15, -0.1) is 0 Å². The van der Waals surface area contributed by atoms with E-state index in [1.54, 1.807) is 6.07 Å². The first-order valence-electron chi connectivity index (χ1n) is 3.72. The molecular formula is C9H7BrFIO2. The zero-order chi connectivity index (χ0) is 10.7. The largest absolute Gasteiger partial charge is 0.465 e. The van der Waals surface area contributed by atoms with Crippen molar-refractivity contribution in [3.8, 4) is 0 Å². The van der Waals surface area contributed by atoms with Gasteiger partial charge < -0.3 is 4.74 Å². The Morgan fingerprint density at radius 1 is 1.64 bits per heavy atom. The third-order valence-electron chi connectivity index (χ3n) is 1.70. The quantitative estimate of drug-likeness (QED) is 0.453. The maximum Gasteiger partial charge on any atom is 0.338 e. The van der Waals surface area contributed by atoms with E-state index < -0.39 is 11.8 Å². The topological polar surface area (TPSA) is 26.3 Å². The van der Waals surface area contributed by atoms with Gasteiger partial charge in [-0.05, 0) is 34.7 Å². The number of hydrogen-bond donors (Lipinski definition) is 0. The molecule has 0 N–H and O–H groups in total. The van der Waals surface area contributed by atoms with E-state index in [2.05, 4.69) is 20.7 Å². The minimum Gasteiger partial charge on any atom is -0.465 e. The molecule has 1 rings (SSSR count). The van der Waals surface area contributed by atoms with E-state index in [1.807, 2.05) is 22.6 Å². The van der Waals surface area contributed by atoms with Crippen LogP contribution in [-0.4, -0.2) is 13.1 Å². The average molecular weight is 373 g/mol. The smallest absolute Gasteiger partial charge is 0.338 e. The Morgan fingerprint density at radius 2 is 2.29 bits per heavy atom. The molecule has 0 aliphatic carbocycles. The van der Waals surface area contributed by atoms with Crippen molar-refractivity contribution in [1.82, 2.24) is 0 Å². The van der Waals surface area contributed by atoms with Gasteiger partial charge in [0.25, 0.3) is 0 Å². The average Bonchev–Trinajstić information content (AvgIpc) is 2.15. The molecule has 0 aromatic heterocycles. The van der Waals surface area contributed by atoms with Gasteiger partial charge in [-0.2, -0.15) is 0 Å². The molecule has 0 aliphatic rings. The van der Waals surface area contributed by atoms with Gasteiger partial charge in [0.05, 0.1) is 12.7 Å². The van der Waals surface area contributed by atoms with Crippen molar-refractivity contribution in [3.63, 3.8) is 0 Å². The molecule has 1 aromatic carbocycles. The number of ether oxygens (including phenoxy) is 1. The lowest BCUT2D eigenvalue weighted by molar-refractivity contribution is 0.0599. The Bertz CT molecular complexity index is 368. The molecule has 1 aromatic rings. The summed E-state index contributed by atoms with van der Waals surface area (Å²) in [6.45, 7) is 0. The molecule has 0 saturated carbocycles. The molecule has 14 heavy (non-hydrogen) atoms. The summed E-state index contributed by atoms with van der Waals surface area (Å²) < 4.78 is 18.6. The van der Waals surface area contributed by atoms with E-state index >= 15 is 0 Å². The zero-order valence-electron chi connectivity index (χ0n) is 7.31. The normalized spacial score (nSPS) is 10.0. The molecule has 0 amide bonds. The third kappa shape index (κ3) is 2.44. The number of benzene rings is 1. The van der Waals surface area contributed by atoms with Gasteiger partial charge in [0, 0.05) is 14.5 Å². The maximum absolute atomic E-state index is 13.4.